The molecule has 0 saturated heterocycles. The lowest BCUT2D eigenvalue weighted by molar-refractivity contribution is 0.132. The summed E-state index contributed by atoms with van der Waals surface area (Å²) < 4.78 is 6.63. The molecule has 0 radical (unpaired) electrons. The molecule has 0 saturated carbocycles. The molecule has 0 fully saturated rings. The lowest BCUT2D eigenvalue weighted by Gasteiger charge is -2.04. The normalized spacial score (nSPS) is 10.2. The van der Waals surface area contributed by atoms with E-state index in [0.29, 0.717) is 26.3 Å². The van der Waals surface area contributed by atoms with Crippen molar-refractivity contribution in [2.24, 2.45) is 5.73 Å². The zero-order valence-electron chi connectivity index (χ0n) is 7.35. The van der Waals surface area contributed by atoms with E-state index in [-0.39, 0.29) is 5.69 Å². The van der Waals surface area contributed by atoms with E-state index in [2.05, 4.69) is 4.98 Å². The van der Waals surface area contributed by atoms with Gasteiger partial charge in [0.05, 0.1) is 19.8 Å². The van der Waals surface area contributed by atoms with Gasteiger partial charge in [0.2, 0.25) is 0 Å². The summed E-state index contributed by atoms with van der Waals surface area (Å²) in [6, 6.07) is 1.71. The maximum absolute atomic E-state index is 11.1. The molecule has 0 amide bonds. The molecule has 0 aliphatic heterocycles. The van der Waals surface area contributed by atoms with Crippen LogP contribution in [-0.2, 0) is 11.3 Å². The summed E-state index contributed by atoms with van der Waals surface area (Å²) in [5.41, 5.74) is 4.98. The highest BCUT2D eigenvalue weighted by atomic mass is 16.5. The van der Waals surface area contributed by atoms with Crippen LogP contribution in [0.2, 0.25) is 0 Å². The van der Waals surface area contributed by atoms with Crippen molar-refractivity contribution < 1.29 is 4.74 Å². The summed E-state index contributed by atoms with van der Waals surface area (Å²) >= 11 is 0. The molecule has 0 unspecified atom stereocenters. The van der Waals surface area contributed by atoms with Crippen LogP contribution in [0.25, 0.3) is 0 Å². The molecule has 13 heavy (non-hydrogen) atoms. The Morgan fingerprint density at radius 2 is 2.38 bits per heavy atom. The molecule has 1 heterocycles. The maximum Gasteiger partial charge on any atom is 0.347 e. The van der Waals surface area contributed by atoms with Gasteiger partial charge in [-0.3, -0.25) is 4.57 Å². The fraction of sp³-hybridized carbons (Fsp3) is 0.500. The fourth-order valence-corrected chi connectivity index (χ4v) is 0.906. The maximum atomic E-state index is 11.1. The summed E-state index contributed by atoms with van der Waals surface area (Å²) in [4.78, 5) is 14.7. The number of rotatable bonds is 5. The van der Waals surface area contributed by atoms with Crippen molar-refractivity contribution in [1.82, 2.24) is 9.55 Å². The molecular weight excluding hydrogens is 170 g/mol. The SMILES string of the molecule is NCCOCCn1cccnc1=O. The van der Waals surface area contributed by atoms with Crippen molar-refractivity contribution in [1.29, 1.82) is 0 Å². The molecule has 1 aromatic rings. The second-order valence-corrected chi connectivity index (χ2v) is 2.50. The molecule has 0 bridgehead atoms. The third-order valence-corrected chi connectivity index (χ3v) is 1.52. The molecule has 0 spiro atoms. The lowest BCUT2D eigenvalue weighted by atomic mass is 10.6. The predicted molar refractivity (Wildman–Crippen MR) is 48.4 cm³/mol. The summed E-state index contributed by atoms with van der Waals surface area (Å²) in [6.45, 7) is 2.03. The highest BCUT2D eigenvalue weighted by molar-refractivity contribution is 4.80. The second-order valence-electron chi connectivity index (χ2n) is 2.50. The third kappa shape index (κ3) is 3.35. The van der Waals surface area contributed by atoms with Gasteiger partial charge in [-0.25, -0.2) is 9.78 Å². The van der Waals surface area contributed by atoms with Gasteiger partial charge in [-0.2, -0.15) is 0 Å². The van der Waals surface area contributed by atoms with Crippen LogP contribution in [0.1, 0.15) is 0 Å². The highest BCUT2D eigenvalue weighted by Gasteiger charge is 1.93. The Labute approximate surface area is 76.2 Å². The van der Waals surface area contributed by atoms with E-state index in [1.54, 1.807) is 12.3 Å². The molecule has 1 rings (SSSR count). The van der Waals surface area contributed by atoms with E-state index in [0.717, 1.165) is 0 Å². The van der Waals surface area contributed by atoms with Crippen LogP contribution in [0.5, 0.6) is 0 Å². The van der Waals surface area contributed by atoms with Gasteiger partial charge in [0.25, 0.3) is 0 Å². The Bertz CT molecular complexity index is 297. The first-order chi connectivity index (χ1) is 6.34. The van der Waals surface area contributed by atoms with Gasteiger partial charge in [0.15, 0.2) is 0 Å². The van der Waals surface area contributed by atoms with E-state index in [9.17, 15) is 4.79 Å². The molecule has 0 atom stereocenters. The zero-order valence-corrected chi connectivity index (χ0v) is 7.35. The van der Waals surface area contributed by atoms with Crippen LogP contribution in [-0.4, -0.2) is 29.3 Å². The van der Waals surface area contributed by atoms with Crippen LogP contribution < -0.4 is 11.4 Å². The largest absolute Gasteiger partial charge is 0.378 e. The summed E-state index contributed by atoms with van der Waals surface area (Å²) in [6.07, 6.45) is 3.15. The average Bonchev–Trinajstić information content (AvgIpc) is 2.15. The molecule has 1 aromatic heterocycles. The summed E-state index contributed by atoms with van der Waals surface area (Å²) in [5.74, 6) is 0. The summed E-state index contributed by atoms with van der Waals surface area (Å²) in [5, 5.41) is 0. The van der Waals surface area contributed by atoms with Crippen LogP contribution in [0, 0.1) is 0 Å². The minimum atomic E-state index is -0.251. The van der Waals surface area contributed by atoms with Gasteiger partial charge < -0.3 is 10.5 Å². The molecular formula is C8H13N3O2. The van der Waals surface area contributed by atoms with Crippen LogP contribution in [0.15, 0.2) is 23.3 Å². The van der Waals surface area contributed by atoms with E-state index in [1.165, 1.54) is 10.8 Å². The molecule has 0 aliphatic carbocycles. The molecule has 72 valence electrons. The molecule has 0 aliphatic rings. The predicted octanol–water partition coefficient (Wildman–Crippen LogP) is -0.781. The fourth-order valence-electron chi connectivity index (χ4n) is 0.906. The number of nitrogens with two attached hydrogens (primary N) is 1. The zero-order chi connectivity index (χ0) is 9.52. The van der Waals surface area contributed by atoms with Gasteiger partial charge in [-0.15, -0.1) is 0 Å². The Balaban J connectivity index is 2.37. The van der Waals surface area contributed by atoms with Gasteiger partial charge >= 0.3 is 5.69 Å². The number of aromatic nitrogens is 2. The van der Waals surface area contributed by atoms with Crippen molar-refractivity contribution in [3.05, 3.63) is 28.9 Å². The lowest BCUT2D eigenvalue weighted by Crippen LogP contribution is -2.24. The standard InChI is InChI=1S/C8H13N3O2/c9-2-6-13-7-5-11-4-1-3-10-8(11)12/h1,3-4H,2,5-7,9H2. The van der Waals surface area contributed by atoms with Gasteiger partial charge in [0.1, 0.15) is 0 Å². The van der Waals surface area contributed by atoms with Crippen molar-refractivity contribution in [2.45, 2.75) is 6.54 Å². The number of hydrogen-bond acceptors (Lipinski definition) is 4. The summed E-state index contributed by atoms with van der Waals surface area (Å²) in [7, 11) is 0. The molecule has 5 heteroatoms. The van der Waals surface area contributed by atoms with Crippen LogP contribution in [0.3, 0.4) is 0 Å². The minimum absolute atomic E-state index is 0.251. The number of hydrogen-bond donors (Lipinski definition) is 1. The van der Waals surface area contributed by atoms with Crippen molar-refractivity contribution in [2.75, 3.05) is 19.8 Å². The highest BCUT2D eigenvalue weighted by Crippen LogP contribution is 1.81. The van der Waals surface area contributed by atoms with Gasteiger partial charge in [0, 0.05) is 18.9 Å². The molecule has 0 aromatic carbocycles. The number of nitrogens with zero attached hydrogens (tertiary/aromatic N) is 2. The van der Waals surface area contributed by atoms with E-state index in [4.69, 9.17) is 10.5 Å². The van der Waals surface area contributed by atoms with E-state index < -0.39 is 0 Å². The molecule has 2 N–H and O–H groups in total. The second kappa shape index (κ2) is 5.45. The Morgan fingerprint density at radius 3 is 3.08 bits per heavy atom. The van der Waals surface area contributed by atoms with E-state index >= 15 is 0 Å². The van der Waals surface area contributed by atoms with Crippen LogP contribution >= 0.6 is 0 Å². The quantitative estimate of drug-likeness (QED) is 0.608. The van der Waals surface area contributed by atoms with Crippen LogP contribution in [0.4, 0.5) is 0 Å². The Kier molecular flexibility index (Phi) is 4.14. The van der Waals surface area contributed by atoms with Crippen molar-refractivity contribution in [3.8, 4) is 0 Å². The van der Waals surface area contributed by atoms with E-state index in [1.807, 2.05) is 0 Å². The molecule has 5 nitrogen and oxygen atoms in total. The Morgan fingerprint density at radius 1 is 1.54 bits per heavy atom. The third-order valence-electron chi connectivity index (χ3n) is 1.52. The first-order valence-corrected chi connectivity index (χ1v) is 4.14. The first kappa shape index (κ1) is 9.88. The average molecular weight is 183 g/mol. The topological polar surface area (TPSA) is 70.1 Å². The number of ether oxygens (including phenoxy) is 1. The van der Waals surface area contributed by atoms with Gasteiger partial charge in [-0.05, 0) is 6.07 Å². The smallest absolute Gasteiger partial charge is 0.347 e. The van der Waals surface area contributed by atoms with Crippen molar-refractivity contribution >= 4 is 0 Å². The first-order valence-electron chi connectivity index (χ1n) is 4.14. The van der Waals surface area contributed by atoms with Gasteiger partial charge in [-0.1, -0.05) is 0 Å². The monoisotopic (exact) mass is 183 g/mol. The Hall–Kier alpha value is -1.20. The van der Waals surface area contributed by atoms with Crippen molar-refractivity contribution in [3.63, 3.8) is 0 Å². The minimum Gasteiger partial charge on any atom is -0.378 e.